The predicted octanol–water partition coefficient (Wildman–Crippen LogP) is 21.2. The Morgan fingerprint density at radius 3 is 1.49 bits per heavy atom. The average molecular weight is 1560 g/mol. The van der Waals surface area contributed by atoms with Gasteiger partial charge in [-0.15, -0.1) is 0 Å². The molecular formula is C84H84Cl6FN9O5S. The molecule has 0 bridgehead atoms. The van der Waals surface area contributed by atoms with E-state index in [4.69, 9.17) is 79.8 Å². The van der Waals surface area contributed by atoms with E-state index in [-0.39, 0.29) is 47.2 Å². The molecule has 3 aromatic heterocycles. The summed E-state index contributed by atoms with van der Waals surface area (Å²) < 4.78 is 43.2. The molecule has 550 valence electrons. The molecule has 3 amide bonds. The van der Waals surface area contributed by atoms with E-state index < -0.39 is 10.0 Å². The Labute approximate surface area is 649 Å². The second-order valence-electron chi connectivity index (χ2n) is 27.7. The fourth-order valence-corrected chi connectivity index (χ4v) is 16.8. The lowest BCUT2D eigenvalue weighted by Crippen LogP contribution is -2.39. The minimum absolute atomic E-state index is 0.106. The van der Waals surface area contributed by atoms with Crippen molar-refractivity contribution in [2.24, 2.45) is 5.92 Å². The predicted molar refractivity (Wildman–Crippen MR) is 427 cm³/mol. The lowest BCUT2D eigenvalue weighted by atomic mass is 9.84. The van der Waals surface area contributed by atoms with Crippen LogP contribution in [0.1, 0.15) is 209 Å². The van der Waals surface area contributed by atoms with Gasteiger partial charge in [0.15, 0.2) is 17.1 Å². The van der Waals surface area contributed by atoms with Crippen molar-refractivity contribution in [3.63, 3.8) is 0 Å². The van der Waals surface area contributed by atoms with Gasteiger partial charge in [-0.25, -0.2) is 22.2 Å². The fraction of sp³-hybridized carbons (Fsp3) is 0.310. The smallest absolute Gasteiger partial charge is 0.272 e. The third-order valence-electron chi connectivity index (χ3n) is 20.1. The molecule has 3 N–H and O–H groups in total. The fourth-order valence-electron chi connectivity index (χ4n) is 14.8. The van der Waals surface area contributed by atoms with Gasteiger partial charge in [0.1, 0.15) is 5.82 Å². The summed E-state index contributed by atoms with van der Waals surface area (Å²) in [5, 5.41) is 26.8. The topological polar surface area (TPSA) is 175 Å². The first-order valence-corrected chi connectivity index (χ1v) is 40.4. The molecule has 1 saturated carbocycles. The molecule has 3 atom stereocenters. The minimum atomic E-state index is -3.71. The second kappa shape index (κ2) is 35.6. The summed E-state index contributed by atoms with van der Waals surface area (Å²) in [6.45, 7) is 4.44. The number of allylic oxidation sites excluding steroid dienone is 2. The summed E-state index contributed by atoms with van der Waals surface area (Å²) in [7, 11) is -3.71. The number of carbonyl (C=O) groups excluding carboxylic acids is 3. The van der Waals surface area contributed by atoms with E-state index in [1.54, 1.807) is 36.4 Å². The normalized spacial score (nSPS) is 16.6. The number of amides is 3. The van der Waals surface area contributed by atoms with Crippen molar-refractivity contribution < 1.29 is 27.2 Å². The maximum absolute atomic E-state index is 13.7. The second-order valence-corrected chi connectivity index (χ2v) is 32.1. The molecule has 0 spiro atoms. The Kier molecular flexibility index (Phi) is 26.0. The summed E-state index contributed by atoms with van der Waals surface area (Å²) >= 11 is 38.0. The van der Waals surface area contributed by atoms with Gasteiger partial charge in [-0.3, -0.25) is 14.4 Å². The Hall–Kier alpha value is -8.32. The van der Waals surface area contributed by atoms with Gasteiger partial charge in [0.2, 0.25) is 0 Å². The quantitative estimate of drug-likeness (QED) is 0.0801. The van der Waals surface area contributed by atoms with Crippen molar-refractivity contribution in [3.8, 4) is 11.4 Å². The van der Waals surface area contributed by atoms with Crippen molar-refractivity contribution in [2.75, 3.05) is 6.26 Å². The van der Waals surface area contributed by atoms with Crippen molar-refractivity contribution in [1.82, 2.24) is 44.7 Å². The molecule has 1 unspecified atom stereocenters. The zero-order valence-corrected chi connectivity index (χ0v) is 64.7. The maximum atomic E-state index is 13.7. The van der Waals surface area contributed by atoms with Crippen LogP contribution in [0.3, 0.4) is 0 Å². The van der Waals surface area contributed by atoms with Gasteiger partial charge in [0.25, 0.3) is 27.7 Å². The molecule has 0 saturated heterocycles. The number of aromatic nitrogens is 6. The molecule has 0 radical (unpaired) electrons. The maximum Gasteiger partial charge on any atom is 0.272 e. The summed E-state index contributed by atoms with van der Waals surface area (Å²) in [4.78, 5) is 40.3. The highest BCUT2D eigenvalue weighted by Gasteiger charge is 2.35. The van der Waals surface area contributed by atoms with Crippen molar-refractivity contribution in [3.05, 3.63) is 284 Å². The third kappa shape index (κ3) is 19.1. The molecule has 7 aromatic carbocycles. The summed E-state index contributed by atoms with van der Waals surface area (Å²) in [5.41, 5.74) is 14.8. The van der Waals surface area contributed by atoms with E-state index in [0.29, 0.717) is 89.5 Å². The highest BCUT2D eigenvalue weighted by molar-refractivity contribution is 7.89. The lowest BCUT2D eigenvalue weighted by Gasteiger charge is -2.28. The highest BCUT2D eigenvalue weighted by atomic mass is 35.5. The van der Waals surface area contributed by atoms with E-state index in [1.807, 2.05) is 138 Å². The number of fused-ring (bicyclic) bond motifs is 3. The molecule has 4 aliphatic carbocycles. The van der Waals surface area contributed by atoms with Gasteiger partial charge < -0.3 is 16.0 Å². The summed E-state index contributed by atoms with van der Waals surface area (Å²) in [5.74, 6) is -0.612. The zero-order valence-electron chi connectivity index (χ0n) is 59.3. The number of hydrogen-bond donors (Lipinski definition) is 3. The first-order valence-electron chi connectivity index (χ1n) is 36.3. The van der Waals surface area contributed by atoms with Crippen LogP contribution in [0.15, 0.2) is 170 Å². The van der Waals surface area contributed by atoms with Gasteiger partial charge in [-0.05, 0) is 234 Å². The van der Waals surface area contributed by atoms with Crippen molar-refractivity contribution >= 4 is 121 Å². The number of benzene rings is 7. The molecule has 14 nitrogen and oxygen atoms in total. The van der Waals surface area contributed by atoms with Gasteiger partial charge >= 0.3 is 0 Å². The molecule has 106 heavy (non-hydrogen) atoms. The number of nitrogens with zero attached hydrogens (tertiary/aromatic N) is 6. The standard InChI is InChI=1S/C30H32Cl3N3O.C30H26Cl3N3O.C24H26FN3O3S/c2*1-19(21-7-3-2-4-8-21)34-30(37)28-25-10-6-5-9-22(17-20-11-13-23(31)14-12-20)29(25)36(35-28)27-16-15-24(32)18-26(27)33;1-32(30,31)28-23-19(15-17-11-13-20(25)14-12-17)9-5-6-10-21(23)22(27-28)24(29)26-16-18-7-3-2-4-8-18/h11-19,21H,2-10H2,1H3,(H,34,37);2-4,7-8,11-19H,5-6,9-10H2,1H3,(H,34,37);2-4,7-8,11-14,19H,5-6,9-10,15-16H2,1H3,(H,26,29)/b2*22-17+;/t2*19-;/m11./s1. The van der Waals surface area contributed by atoms with E-state index in [0.717, 1.165) is 142 Å². The highest BCUT2D eigenvalue weighted by Crippen LogP contribution is 2.41. The average Bonchev–Trinajstić information content (AvgIpc) is 1.62. The van der Waals surface area contributed by atoms with Crippen LogP contribution in [-0.4, -0.2) is 67.2 Å². The third-order valence-corrected chi connectivity index (χ3v) is 22.6. The van der Waals surface area contributed by atoms with Crippen molar-refractivity contribution in [1.29, 1.82) is 0 Å². The Bertz CT molecular complexity index is 4960. The van der Waals surface area contributed by atoms with Crippen LogP contribution in [0.2, 0.25) is 30.1 Å². The summed E-state index contributed by atoms with van der Waals surface area (Å²) in [6.07, 6.45) is 22.5. The number of carbonyl (C=O) groups is 3. The molecule has 10 aromatic rings. The van der Waals surface area contributed by atoms with Crippen LogP contribution >= 0.6 is 69.6 Å². The van der Waals surface area contributed by atoms with E-state index in [1.165, 1.54) is 44.2 Å². The minimum Gasteiger partial charge on any atom is -0.348 e. The molecule has 3 heterocycles. The molecule has 14 rings (SSSR count). The van der Waals surface area contributed by atoms with Crippen LogP contribution in [0, 0.1) is 11.7 Å². The van der Waals surface area contributed by atoms with Crippen LogP contribution in [0.4, 0.5) is 4.39 Å². The Morgan fingerprint density at radius 1 is 0.509 bits per heavy atom. The number of rotatable bonds is 16. The van der Waals surface area contributed by atoms with Crippen molar-refractivity contribution in [2.45, 2.75) is 154 Å². The SMILES string of the molecule is CS(=O)(=O)n1nc(C(=O)NCc2ccccc2)c2c1C(Cc1ccc(F)cc1)CCCC2.C[C@@H](NC(=O)c1nn(-c2ccc(Cl)cc2Cl)c2c1CCCC/C2=C\c1ccc(Cl)cc1)C1CCCCC1.C[C@@H](NC(=O)c1nn(-c2ccc(Cl)cc2Cl)c2c1CCCC/C2=C\c1ccc(Cl)cc1)c1ccccc1. The number of halogens is 7. The monoisotopic (exact) mass is 1560 g/mol. The van der Waals surface area contributed by atoms with Crippen LogP contribution in [0.25, 0.3) is 34.7 Å². The first kappa shape index (κ1) is 77.3. The van der Waals surface area contributed by atoms with E-state index in [2.05, 4.69) is 40.1 Å². The van der Waals surface area contributed by atoms with Crippen LogP contribution in [0.5, 0.6) is 0 Å². The largest absolute Gasteiger partial charge is 0.348 e. The first-order chi connectivity index (χ1) is 51.1. The van der Waals surface area contributed by atoms with Gasteiger partial charge in [0.05, 0.1) is 50.8 Å². The van der Waals surface area contributed by atoms with Gasteiger partial charge in [-0.2, -0.15) is 19.4 Å². The molecular weight excluding hydrogens is 1480 g/mol. The lowest BCUT2D eigenvalue weighted by molar-refractivity contribution is 0.0909. The molecule has 0 aliphatic heterocycles. The Balaban J connectivity index is 0.000000150. The molecule has 1 fully saturated rings. The van der Waals surface area contributed by atoms with Crippen LogP contribution in [-0.2, 0) is 42.3 Å². The summed E-state index contributed by atoms with van der Waals surface area (Å²) in [6, 6.07) is 51.9. The van der Waals surface area contributed by atoms with Gasteiger partial charge in [-0.1, -0.05) is 192 Å². The number of nitrogens with one attached hydrogen (secondary N) is 3. The van der Waals surface area contributed by atoms with Gasteiger partial charge in [0, 0.05) is 55.3 Å². The number of hydrogen-bond acceptors (Lipinski definition) is 8. The van der Waals surface area contributed by atoms with E-state index in [9.17, 15) is 27.2 Å². The molecule has 22 heteroatoms. The molecule has 4 aliphatic rings. The van der Waals surface area contributed by atoms with Crippen LogP contribution < -0.4 is 16.0 Å². The Morgan fingerprint density at radius 2 is 0.972 bits per heavy atom. The van der Waals surface area contributed by atoms with E-state index >= 15 is 0 Å². The zero-order chi connectivity index (χ0) is 74.6.